The number of nitrogens with one attached hydrogen (secondary N) is 1. The summed E-state index contributed by atoms with van der Waals surface area (Å²) in [7, 11) is 0. The molecule has 7 nitrogen and oxygen atoms in total. The van der Waals surface area contributed by atoms with Gasteiger partial charge in [-0.2, -0.15) is 13.2 Å². The molecule has 4 aromatic rings. The fraction of sp³-hybridized carbons (Fsp3) is 0.130. The number of pyridine rings is 1. The average molecular weight is 455 g/mol. The molecule has 0 aliphatic heterocycles. The number of anilines is 1. The van der Waals surface area contributed by atoms with Crippen LogP contribution in [0.2, 0.25) is 0 Å². The van der Waals surface area contributed by atoms with Gasteiger partial charge in [0.15, 0.2) is 6.61 Å². The van der Waals surface area contributed by atoms with E-state index in [1.807, 2.05) is 30.3 Å². The number of rotatable bonds is 5. The summed E-state index contributed by atoms with van der Waals surface area (Å²) in [6.07, 6.45) is -4.48. The van der Waals surface area contributed by atoms with Gasteiger partial charge in [0.2, 0.25) is 0 Å². The van der Waals surface area contributed by atoms with E-state index in [1.54, 1.807) is 6.92 Å². The summed E-state index contributed by atoms with van der Waals surface area (Å²) in [4.78, 5) is 29.3. The highest BCUT2D eigenvalue weighted by molar-refractivity contribution is 6.05. The van der Waals surface area contributed by atoms with E-state index in [1.165, 1.54) is 6.07 Å². The van der Waals surface area contributed by atoms with E-state index in [2.05, 4.69) is 15.5 Å². The van der Waals surface area contributed by atoms with Gasteiger partial charge in [-0.05, 0) is 37.3 Å². The number of fused-ring (bicyclic) bond motifs is 1. The third-order valence-corrected chi connectivity index (χ3v) is 4.74. The number of nitrogens with zero attached hydrogens (tertiary/aromatic N) is 2. The number of carbonyl (C=O) groups is 2. The van der Waals surface area contributed by atoms with Crippen molar-refractivity contribution in [2.45, 2.75) is 13.1 Å². The molecule has 0 atom stereocenters. The number of aryl methyl sites for hydroxylation is 1. The number of hydrogen-bond donors (Lipinski definition) is 1. The van der Waals surface area contributed by atoms with Gasteiger partial charge in [-0.25, -0.2) is 9.78 Å². The minimum Gasteiger partial charge on any atom is -0.452 e. The number of esters is 1. The molecule has 168 valence electrons. The highest BCUT2D eigenvalue weighted by Crippen LogP contribution is 2.30. The molecule has 2 aromatic heterocycles. The molecule has 0 saturated heterocycles. The summed E-state index contributed by atoms with van der Waals surface area (Å²) in [6, 6.07) is 14.5. The maximum Gasteiger partial charge on any atom is 0.416 e. The molecule has 0 aliphatic rings. The van der Waals surface area contributed by atoms with Crippen molar-refractivity contribution in [1.29, 1.82) is 0 Å². The third-order valence-electron chi connectivity index (χ3n) is 4.74. The number of alkyl halides is 3. The molecule has 4 rings (SSSR count). The standard InChI is InChI=1S/C23H16F3N3O4/c1-13-20-17(11-18(28-21(20)33-29-13)14-5-3-2-4-6-14)22(31)32-12-19(30)27-16-9-7-15(8-10-16)23(24,25)26/h2-11H,12H2,1H3,(H,27,30). The van der Waals surface area contributed by atoms with Gasteiger partial charge in [-0.3, -0.25) is 4.79 Å². The smallest absolute Gasteiger partial charge is 0.416 e. The Labute approximate surface area is 185 Å². The summed E-state index contributed by atoms with van der Waals surface area (Å²) < 4.78 is 48.3. The largest absolute Gasteiger partial charge is 0.452 e. The quantitative estimate of drug-likeness (QED) is 0.425. The Morgan fingerprint density at radius 1 is 1.06 bits per heavy atom. The first-order chi connectivity index (χ1) is 15.7. The Hall–Kier alpha value is -4.21. The van der Waals surface area contributed by atoms with Crippen molar-refractivity contribution in [2.75, 3.05) is 11.9 Å². The van der Waals surface area contributed by atoms with Crippen LogP contribution >= 0.6 is 0 Å². The van der Waals surface area contributed by atoms with Crippen LogP contribution in [-0.2, 0) is 15.7 Å². The lowest BCUT2D eigenvalue weighted by Gasteiger charge is -2.10. The molecule has 33 heavy (non-hydrogen) atoms. The Kier molecular flexibility index (Phi) is 5.82. The second-order valence-electron chi connectivity index (χ2n) is 7.07. The summed E-state index contributed by atoms with van der Waals surface area (Å²) in [5.41, 5.74) is 1.19. The van der Waals surface area contributed by atoms with Crippen molar-refractivity contribution in [1.82, 2.24) is 10.1 Å². The van der Waals surface area contributed by atoms with Crippen LogP contribution in [0.5, 0.6) is 0 Å². The van der Waals surface area contributed by atoms with Gasteiger partial charge in [0.1, 0.15) is 0 Å². The van der Waals surface area contributed by atoms with Crippen LogP contribution in [0.15, 0.2) is 65.2 Å². The minimum absolute atomic E-state index is 0.125. The predicted molar refractivity (Wildman–Crippen MR) is 112 cm³/mol. The first kappa shape index (κ1) is 22.0. The fourth-order valence-electron chi connectivity index (χ4n) is 3.16. The van der Waals surface area contributed by atoms with Crippen molar-refractivity contribution < 1.29 is 32.0 Å². The first-order valence-electron chi connectivity index (χ1n) is 9.69. The second-order valence-corrected chi connectivity index (χ2v) is 7.07. The lowest BCUT2D eigenvalue weighted by molar-refractivity contribution is -0.137. The topological polar surface area (TPSA) is 94.3 Å². The van der Waals surface area contributed by atoms with Gasteiger partial charge in [0.25, 0.3) is 11.6 Å². The number of carbonyl (C=O) groups excluding carboxylic acids is 2. The zero-order valence-corrected chi connectivity index (χ0v) is 17.1. The van der Waals surface area contributed by atoms with E-state index in [-0.39, 0.29) is 17.0 Å². The first-order valence-corrected chi connectivity index (χ1v) is 9.69. The van der Waals surface area contributed by atoms with Crippen LogP contribution in [0, 0.1) is 6.92 Å². The Morgan fingerprint density at radius 3 is 2.42 bits per heavy atom. The van der Waals surface area contributed by atoms with Crippen molar-refractivity contribution in [3.63, 3.8) is 0 Å². The van der Waals surface area contributed by atoms with Crippen LogP contribution in [0.25, 0.3) is 22.4 Å². The molecule has 0 aliphatic carbocycles. The van der Waals surface area contributed by atoms with Gasteiger partial charge < -0.3 is 14.6 Å². The highest BCUT2D eigenvalue weighted by atomic mass is 19.4. The second kappa shape index (κ2) is 8.73. The number of benzene rings is 2. The maximum absolute atomic E-state index is 12.8. The molecule has 10 heteroatoms. The number of ether oxygens (including phenoxy) is 1. The van der Waals surface area contributed by atoms with Crippen molar-refractivity contribution in [2.24, 2.45) is 0 Å². The molecule has 0 spiro atoms. The lowest BCUT2D eigenvalue weighted by atomic mass is 10.1. The predicted octanol–water partition coefficient (Wildman–Crippen LogP) is 5.01. The molecule has 1 amide bonds. The SMILES string of the molecule is Cc1noc2nc(-c3ccccc3)cc(C(=O)OCC(=O)Nc3ccc(C(F)(F)F)cc3)c12. The number of hydrogen-bond acceptors (Lipinski definition) is 6. The Balaban J connectivity index is 1.49. The number of aromatic nitrogens is 2. The average Bonchev–Trinajstić information content (AvgIpc) is 3.18. The number of amides is 1. The lowest BCUT2D eigenvalue weighted by Crippen LogP contribution is -2.21. The van der Waals surface area contributed by atoms with E-state index in [9.17, 15) is 22.8 Å². The molecule has 0 saturated carbocycles. The molecule has 1 N–H and O–H groups in total. The van der Waals surface area contributed by atoms with Gasteiger partial charge in [-0.15, -0.1) is 0 Å². The van der Waals surface area contributed by atoms with Crippen LogP contribution in [0.1, 0.15) is 21.6 Å². The summed E-state index contributed by atoms with van der Waals surface area (Å²) in [5.74, 6) is -1.51. The molecule has 0 unspecified atom stereocenters. The van der Waals surface area contributed by atoms with Gasteiger partial charge in [-0.1, -0.05) is 35.5 Å². The molecule has 2 heterocycles. The molecular weight excluding hydrogens is 439 g/mol. The maximum atomic E-state index is 12.8. The zero-order valence-electron chi connectivity index (χ0n) is 17.1. The van der Waals surface area contributed by atoms with E-state index >= 15 is 0 Å². The molecule has 2 aromatic carbocycles. The normalized spacial score (nSPS) is 11.4. The summed E-state index contributed by atoms with van der Waals surface area (Å²) in [5, 5.41) is 6.59. The van der Waals surface area contributed by atoms with Crippen LogP contribution in [0.3, 0.4) is 0 Å². The molecule has 0 fully saturated rings. The van der Waals surface area contributed by atoms with E-state index in [4.69, 9.17) is 9.26 Å². The van der Waals surface area contributed by atoms with Crippen LogP contribution < -0.4 is 5.32 Å². The van der Waals surface area contributed by atoms with Crippen molar-refractivity contribution in [3.8, 4) is 11.3 Å². The monoisotopic (exact) mass is 455 g/mol. The van der Waals surface area contributed by atoms with Gasteiger partial charge in [0.05, 0.1) is 27.9 Å². The molecule has 0 bridgehead atoms. The van der Waals surface area contributed by atoms with E-state index < -0.39 is 30.2 Å². The Morgan fingerprint density at radius 2 is 1.76 bits per heavy atom. The Bertz CT molecular complexity index is 1320. The summed E-state index contributed by atoms with van der Waals surface area (Å²) in [6.45, 7) is 0.998. The molecular formula is C23H16F3N3O4. The highest BCUT2D eigenvalue weighted by Gasteiger charge is 2.30. The minimum atomic E-state index is -4.48. The van der Waals surface area contributed by atoms with Crippen molar-refractivity contribution in [3.05, 3.63) is 77.5 Å². The van der Waals surface area contributed by atoms with Gasteiger partial charge >= 0.3 is 12.1 Å². The third kappa shape index (κ3) is 4.84. The summed E-state index contributed by atoms with van der Waals surface area (Å²) >= 11 is 0. The van der Waals surface area contributed by atoms with E-state index in [0.29, 0.717) is 16.8 Å². The van der Waals surface area contributed by atoms with Crippen molar-refractivity contribution >= 4 is 28.7 Å². The fourth-order valence-corrected chi connectivity index (χ4v) is 3.16. The van der Waals surface area contributed by atoms with Gasteiger partial charge in [0, 0.05) is 11.3 Å². The number of halogens is 3. The van der Waals surface area contributed by atoms with Crippen LogP contribution in [-0.4, -0.2) is 28.6 Å². The van der Waals surface area contributed by atoms with E-state index in [0.717, 1.165) is 29.8 Å². The molecule has 0 radical (unpaired) electrons. The van der Waals surface area contributed by atoms with Crippen LogP contribution in [0.4, 0.5) is 18.9 Å². The zero-order chi connectivity index (χ0) is 23.6.